The van der Waals surface area contributed by atoms with Crippen molar-refractivity contribution in [3.8, 4) is 0 Å². The van der Waals surface area contributed by atoms with E-state index in [-0.39, 0.29) is 15.7 Å². The zero-order valence-corrected chi connectivity index (χ0v) is 16.7. The van der Waals surface area contributed by atoms with E-state index in [1.165, 1.54) is 34.1 Å². The van der Waals surface area contributed by atoms with Crippen molar-refractivity contribution in [3.05, 3.63) is 57.9 Å². The molecule has 2 N–H and O–H groups in total. The van der Waals surface area contributed by atoms with Gasteiger partial charge in [0.25, 0.3) is 0 Å². The molecule has 138 valence electrons. The van der Waals surface area contributed by atoms with Crippen LogP contribution in [-0.4, -0.2) is 40.6 Å². The smallest absolute Gasteiger partial charge is 0.184 e. The van der Waals surface area contributed by atoms with Gasteiger partial charge >= 0.3 is 0 Å². The summed E-state index contributed by atoms with van der Waals surface area (Å²) in [6.07, 6.45) is 0. The van der Waals surface area contributed by atoms with Gasteiger partial charge in [-0.05, 0) is 29.6 Å². The zero-order valence-electron chi connectivity index (χ0n) is 14.3. The monoisotopic (exact) mass is 413 g/mol. The van der Waals surface area contributed by atoms with Crippen LogP contribution in [0.4, 0.5) is 9.39 Å². The Morgan fingerprint density at radius 1 is 1.35 bits per heavy atom. The van der Waals surface area contributed by atoms with Crippen molar-refractivity contribution >= 4 is 44.7 Å². The van der Waals surface area contributed by atoms with Crippen LogP contribution in [-0.2, 0) is 10.8 Å². The molecule has 0 amide bonds. The molecule has 1 aliphatic rings. The first-order chi connectivity index (χ1) is 12.3. The summed E-state index contributed by atoms with van der Waals surface area (Å²) in [5, 5.41) is 4.29. The van der Waals surface area contributed by atoms with Crippen LogP contribution in [0, 0.1) is 5.82 Å². The Morgan fingerprint density at radius 3 is 2.69 bits per heavy atom. The van der Waals surface area contributed by atoms with E-state index < -0.39 is 16.6 Å². The quantitative estimate of drug-likeness (QED) is 0.784. The molecule has 1 aliphatic heterocycles. The van der Waals surface area contributed by atoms with Crippen LogP contribution in [0.5, 0.6) is 0 Å². The number of amidine groups is 1. The molecule has 0 fully saturated rings. The number of anilines is 1. The van der Waals surface area contributed by atoms with Gasteiger partial charge in [0.15, 0.2) is 5.82 Å². The molecule has 0 aliphatic carbocycles. The topological polar surface area (TPSA) is 65.2 Å². The molecule has 0 radical (unpaired) electrons. The highest BCUT2D eigenvalue weighted by Gasteiger charge is 2.32. The predicted molar refractivity (Wildman–Crippen MR) is 105 cm³/mol. The van der Waals surface area contributed by atoms with E-state index in [1.807, 2.05) is 30.4 Å². The van der Waals surface area contributed by atoms with Crippen LogP contribution in [0.1, 0.15) is 5.56 Å². The summed E-state index contributed by atoms with van der Waals surface area (Å²) >= 11 is 7.68. The van der Waals surface area contributed by atoms with Crippen LogP contribution >= 0.6 is 23.1 Å². The second-order valence-electron chi connectivity index (χ2n) is 5.64. The molecular weight excluding hydrogens is 397 g/mol. The summed E-state index contributed by atoms with van der Waals surface area (Å²) < 4.78 is 27.7. The van der Waals surface area contributed by atoms with Crippen LogP contribution in [0.2, 0.25) is 0 Å². The van der Waals surface area contributed by atoms with Gasteiger partial charge in [0, 0.05) is 37.8 Å². The maximum absolute atomic E-state index is 13.5. The Balaban J connectivity index is 2.18. The normalized spacial score (nSPS) is 17.0. The second-order valence-corrected chi connectivity index (χ2v) is 8.47. The van der Waals surface area contributed by atoms with E-state index in [2.05, 4.69) is 4.99 Å². The van der Waals surface area contributed by atoms with Gasteiger partial charge in [-0.2, -0.15) is 0 Å². The van der Waals surface area contributed by atoms with Crippen molar-refractivity contribution in [2.24, 2.45) is 10.7 Å². The molecule has 26 heavy (non-hydrogen) atoms. The highest BCUT2D eigenvalue weighted by atomic mass is 35.5. The predicted octanol–water partition coefficient (Wildman–Crippen LogP) is 2.91. The van der Waals surface area contributed by atoms with Crippen molar-refractivity contribution in [2.45, 2.75) is 4.90 Å². The van der Waals surface area contributed by atoms with E-state index >= 15 is 0 Å². The second kappa shape index (κ2) is 7.36. The maximum Gasteiger partial charge on any atom is 0.184 e. The van der Waals surface area contributed by atoms with Crippen LogP contribution in [0.15, 0.2) is 56.4 Å². The molecular formula is C16H17ClFN5OS2. The minimum Gasteiger partial charge on any atom is -0.388 e. The van der Waals surface area contributed by atoms with Gasteiger partial charge in [0.05, 0.1) is 5.56 Å². The number of hydrazine groups is 1. The maximum atomic E-state index is 13.5. The average molecular weight is 414 g/mol. The first-order valence-corrected chi connectivity index (χ1v) is 9.88. The molecule has 0 saturated heterocycles. The molecule has 0 spiro atoms. The number of rotatable bonds is 3. The molecule has 1 aromatic carbocycles. The van der Waals surface area contributed by atoms with E-state index in [9.17, 15) is 8.60 Å². The lowest BCUT2D eigenvalue weighted by molar-refractivity contribution is 0.528. The fourth-order valence-electron chi connectivity index (χ4n) is 2.49. The van der Waals surface area contributed by atoms with Crippen molar-refractivity contribution in [3.63, 3.8) is 0 Å². The SMILES string of the molecule is CN(C)C1=N/C(=C(/N)S(=O)c2cccc(F)c2)N(N(C)Cl)c2sccc21. The summed E-state index contributed by atoms with van der Waals surface area (Å²) in [5.41, 5.74) is 7.09. The third kappa shape index (κ3) is 3.35. The Labute approximate surface area is 162 Å². The molecule has 3 rings (SSSR count). The Morgan fingerprint density at radius 2 is 2.08 bits per heavy atom. The summed E-state index contributed by atoms with van der Waals surface area (Å²) in [6, 6.07) is 7.44. The number of nitrogens with zero attached hydrogens (tertiary/aromatic N) is 4. The van der Waals surface area contributed by atoms with Gasteiger partial charge in [-0.15, -0.1) is 15.9 Å². The standard InChI is InChI=1S/C16H17ClFN5OS2/c1-21(2)14-12-7-8-25-16(12)23(22(3)17)15(20-14)13(19)26(24)11-6-4-5-10(18)9-11/h4-9H,19H2,1-3H3/b15-13+. The summed E-state index contributed by atoms with van der Waals surface area (Å²) in [5.74, 6) is 0.426. The van der Waals surface area contributed by atoms with Crippen LogP contribution < -0.4 is 10.7 Å². The molecule has 2 heterocycles. The Bertz CT molecular complexity index is 925. The van der Waals surface area contributed by atoms with Crippen molar-refractivity contribution < 1.29 is 8.60 Å². The lowest BCUT2D eigenvalue weighted by atomic mass is 10.2. The van der Waals surface area contributed by atoms with Crippen molar-refractivity contribution in [1.29, 1.82) is 0 Å². The molecule has 1 unspecified atom stereocenters. The molecule has 0 saturated carbocycles. The van der Waals surface area contributed by atoms with Gasteiger partial charge in [0.1, 0.15) is 32.5 Å². The highest BCUT2D eigenvalue weighted by molar-refractivity contribution is 7.89. The molecule has 1 aromatic heterocycles. The lowest BCUT2D eigenvalue weighted by Gasteiger charge is -2.34. The molecule has 0 bridgehead atoms. The fourth-order valence-corrected chi connectivity index (χ4v) is 4.58. The van der Waals surface area contributed by atoms with Gasteiger partial charge in [-0.1, -0.05) is 6.07 Å². The first-order valence-electron chi connectivity index (χ1n) is 7.51. The number of halogens is 2. The van der Waals surface area contributed by atoms with E-state index in [4.69, 9.17) is 17.5 Å². The van der Waals surface area contributed by atoms with E-state index in [0.717, 1.165) is 10.6 Å². The number of thiophene rings is 1. The number of hydrogen-bond acceptors (Lipinski definition) is 7. The molecule has 6 nitrogen and oxygen atoms in total. The van der Waals surface area contributed by atoms with Crippen molar-refractivity contribution in [1.82, 2.24) is 9.43 Å². The van der Waals surface area contributed by atoms with E-state index in [1.54, 1.807) is 18.1 Å². The summed E-state index contributed by atoms with van der Waals surface area (Å²) in [7, 11) is 3.55. The molecule has 2 aromatic rings. The van der Waals surface area contributed by atoms with Crippen molar-refractivity contribution in [2.75, 3.05) is 26.2 Å². The van der Waals surface area contributed by atoms with Gasteiger partial charge in [-0.3, -0.25) is 0 Å². The van der Waals surface area contributed by atoms with Crippen LogP contribution in [0.25, 0.3) is 0 Å². The summed E-state index contributed by atoms with van der Waals surface area (Å²) in [4.78, 5) is 6.68. The first kappa shape index (κ1) is 18.8. The van der Waals surface area contributed by atoms with Gasteiger partial charge in [0.2, 0.25) is 0 Å². The number of benzene rings is 1. The number of aliphatic imine (C=N–C) groups is 1. The number of nitrogens with two attached hydrogens (primary N) is 1. The van der Waals surface area contributed by atoms with Gasteiger partial charge < -0.3 is 10.6 Å². The Kier molecular flexibility index (Phi) is 5.33. The largest absolute Gasteiger partial charge is 0.388 e. The van der Waals surface area contributed by atoms with Gasteiger partial charge in [-0.25, -0.2) is 18.6 Å². The lowest BCUT2D eigenvalue weighted by Crippen LogP contribution is -2.39. The summed E-state index contributed by atoms with van der Waals surface area (Å²) in [6.45, 7) is 0. The zero-order chi connectivity index (χ0) is 19.0. The highest BCUT2D eigenvalue weighted by Crippen LogP contribution is 2.38. The Hall–Kier alpha value is -1.94. The third-order valence-electron chi connectivity index (χ3n) is 3.62. The molecule has 10 heteroatoms. The minimum absolute atomic E-state index is 0.0125. The fraction of sp³-hybridized carbons (Fsp3) is 0.188. The number of hydrogen-bond donors (Lipinski definition) is 1. The average Bonchev–Trinajstić information content (AvgIpc) is 3.07. The van der Waals surface area contributed by atoms with E-state index in [0.29, 0.717) is 5.84 Å². The third-order valence-corrected chi connectivity index (χ3v) is 5.92. The molecule has 1 atom stereocenters. The minimum atomic E-state index is -1.80. The van der Waals surface area contributed by atoms with Crippen LogP contribution in [0.3, 0.4) is 0 Å². The number of fused-ring (bicyclic) bond motifs is 1.